The van der Waals surface area contributed by atoms with Gasteiger partial charge in [0.15, 0.2) is 0 Å². The first-order valence-corrected chi connectivity index (χ1v) is 12.9. The van der Waals surface area contributed by atoms with Gasteiger partial charge in [0.05, 0.1) is 11.3 Å². The average Bonchev–Trinajstić information content (AvgIpc) is 2.86. The Hall–Kier alpha value is -3.12. The highest BCUT2D eigenvalue weighted by molar-refractivity contribution is 5.84. The van der Waals surface area contributed by atoms with E-state index in [1.54, 1.807) is 18.0 Å². The van der Waals surface area contributed by atoms with Gasteiger partial charge in [-0.1, -0.05) is 13.8 Å². The highest BCUT2D eigenvalue weighted by Gasteiger charge is 2.35. The van der Waals surface area contributed by atoms with Crippen LogP contribution in [-0.2, 0) is 22.3 Å². The standard InChI is InChI=1S/C27H39F4N5O2.CH2O/c1-17(2)19-15-22(18-10-11-21(28)20(14-18)27(29,30)31)34-36(23(19)32)13-9-8-12-35(16-25(3,4)33-7)24(37)26(5,6)38;1-2/h10-11,14-15,17,32-33,38H,8-9,12-13,16H2,1-7H3;1H2. The number of nitrogens with one attached hydrogen (secondary N) is 2. The molecule has 0 spiro atoms. The Morgan fingerprint density at radius 3 is 2.25 bits per heavy atom. The number of aliphatic hydroxyl groups is 1. The Kier molecular flexibility index (Phi) is 12.2. The molecule has 1 amide bonds. The molecular formula is C28H41F4N5O3. The van der Waals surface area contributed by atoms with Crippen molar-refractivity contribution in [2.45, 2.75) is 84.2 Å². The van der Waals surface area contributed by atoms with Crippen molar-refractivity contribution in [1.29, 1.82) is 5.41 Å². The summed E-state index contributed by atoms with van der Waals surface area (Å²) in [7, 11) is 1.79. The normalized spacial score (nSPS) is 12.2. The Morgan fingerprint density at radius 1 is 1.15 bits per heavy atom. The maximum atomic E-state index is 13.8. The van der Waals surface area contributed by atoms with Crippen molar-refractivity contribution in [3.63, 3.8) is 0 Å². The molecule has 0 aliphatic heterocycles. The summed E-state index contributed by atoms with van der Waals surface area (Å²) in [5, 5.41) is 26.4. The van der Waals surface area contributed by atoms with Gasteiger partial charge >= 0.3 is 6.18 Å². The number of halogens is 4. The fourth-order valence-corrected chi connectivity index (χ4v) is 3.98. The number of carbonyl (C=O) groups is 2. The zero-order chi connectivity index (χ0) is 31.1. The monoisotopic (exact) mass is 571 g/mol. The minimum Gasteiger partial charge on any atom is -0.381 e. The molecule has 0 fully saturated rings. The maximum absolute atomic E-state index is 13.8. The Bertz CT molecular complexity index is 1200. The molecule has 1 aromatic heterocycles. The van der Waals surface area contributed by atoms with E-state index in [1.165, 1.54) is 24.6 Å². The summed E-state index contributed by atoms with van der Waals surface area (Å²) in [4.78, 5) is 22.4. The lowest BCUT2D eigenvalue weighted by atomic mass is 10.0. The number of hydrogen-bond acceptors (Lipinski definition) is 6. The van der Waals surface area contributed by atoms with E-state index in [9.17, 15) is 27.5 Å². The van der Waals surface area contributed by atoms with Crippen LogP contribution >= 0.6 is 0 Å². The Balaban J connectivity index is 0.00000391. The van der Waals surface area contributed by atoms with Gasteiger partial charge in [-0.3, -0.25) is 10.2 Å². The molecule has 2 aromatic rings. The zero-order valence-electron chi connectivity index (χ0n) is 24.2. The van der Waals surface area contributed by atoms with Crippen LogP contribution in [0, 0.1) is 11.2 Å². The molecule has 2 rings (SSSR count). The summed E-state index contributed by atoms with van der Waals surface area (Å²) >= 11 is 0. The van der Waals surface area contributed by atoms with Crippen LogP contribution in [0.3, 0.4) is 0 Å². The number of hydrogen-bond donors (Lipinski definition) is 3. The van der Waals surface area contributed by atoms with Crippen molar-refractivity contribution >= 4 is 12.7 Å². The minimum atomic E-state index is -4.85. The fraction of sp³-hybridized carbons (Fsp3) is 0.571. The van der Waals surface area contributed by atoms with Crippen LogP contribution in [0.4, 0.5) is 17.6 Å². The first-order valence-electron chi connectivity index (χ1n) is 12.9. The van der Waals surface area contributed by atoms with Gasteiger partial charge in [0.1, 0.15) is 23.7 Å². The number of unbranched alkanes of at least 4 members (excludes halogenated alkanes) is 1. The number of aryl methyl sites for hydroxylation is 1. The van der Waals surface area contributed by atoms with Gasteiger partial charge < -0.3 is 20.1 Å². The van der Waals surface area contributed by atoms with E-state index in [-0.39, 0.29) is 28.2 Å². The molecule has 0 aliphatic carbocycles. The summed E-state index contributed by atoms with van der Waals surface area (Å²) in [5.41, 5.74) is -2.22. The third-order valence-electron chi connectivity index (χ3n) is 6.36. The number of rotatable bonds is 11. The summed E-state index contributed by atoms with van der Waals surface area (Å²) in [6, 6.07) is 4.32. The molecule has 40 heavy (non-hydrogen) atoms. The van der Waals surface area contributed by atoms with E-state index in [2.05, 4.69) is 10.4 Å². The Labute approximate surface area is 232 Å². The molecule has 0 saturated heterocycles. The molecule has 0 radical (unpaired) electrons. The van der Waals surface area contributed by atoms with E-state index >= 15 is 0 Å². The largest absolute Gasteiger partial charge is 0.419 e. The lowest BCUT2D eigenvalue weighted by Crippen LogP contribution is -2.54. The lowest BCUT2D eigenvalue weighted by Gasteiger charge is -2.35. The summed E-state index contributed by atoms with van der Waals surface area (Å²) in [6.45, 7) is 13.6. The van der Waals surface area contributed by atoms with Crippen molar-refractivity contribution in [3.8, 4) is 11.3 Å². The molecule has 0 aliphatic rings. The van der Waals surface area contributed by atoms with E-state index < -0.39 is 29.1 Å². The van der Waals surface area contributed by atoms with Crippen LogP contribution in [0.2, 0.25) is 0 Å². The fourth-order valence-electron chi connectivity index (χ4n) is 3.98. The van der Waals surface area contributed by atoms with Gasteiger partial charge in [0, 0.05) is 36.3 Å². The number of benzene rings is 1. The molecule has 8 nitrogen and oxygen atoms in total. The van der Waals surface area contributed by atoms with Gasteiger partial charge in [-0.15, -0.1) is 0 Å². The summed E-state index contributed by atoms with van der Waals surface area (Å²) < 4.78 is 55.1. The van der Waals surface area contributed by atoms with Crippen molar-refractivity contribution in [2.24, 2.45) is 0 Å². The van der Waals surface area contributed by atoms with Gasteiger partial charge in [0.25, 0.3) is 5.91 Å². The van der Waals surface area contributed by atoms with Crippen LogP contribution in [-0.4, -0.2) is 63.8 Å². The second-order valence-corrected chi connectivity index (χ2v) is 11.0. The average molecular weight is 572 g/mol. The van der Waals surface area contributed by atoms with Gasteiger partial charge in [-0.2, -0.15) is 18.3 Å². The van der Waals surface area contributed by atoms with Crippen molar-refractivity contribution in [1.82, 2.24) is 20.0 Å². The smallest absolute Gasteiger partial charge is 0.381 e. The summed E-state index contributed by atoms with van der Waals surface area (Å²) in [6.07, 6.45) is -3.77. The van der Waals surface area contributed by atoms with Crippen LogP contribution in [0.5, 0.6) is 0 Å². The van der Waals surface area contributed by atoms with E-state index in [1.807, 2.05) is 34.5 Å². The molecule has 0 atom stereocenters. The molecule has 0 saturated carbocycles. The van der Waals surface area contributed by atoms with Crippen LogP contribution in [0.15, 0.2) is 24.3 Å². The third kappa shape index (κ3) is 9.51. The molecule has 1 heterocycles. The van der Waals surface area contributed by atoms with Gasteiger partial charge in [0.2, 0.25) is 0 Å². The quantitative estimate of drug-likeness (QED) is 0.272. The topological polar surface area (TPSA) is 111 Å². The van der Waals surface area contributed by atoms with E-state index in [0.29, 0.717) is 38.0 Å². The van der Waals surface area contributed by atoms with Gasteiger partial charge in [-0.25, -0.2) is 9.07 Å². The van der Waals surface area contributed by atoms with Crippen molar-refractivity contribution in [2.75, 3.05) is 20.1 Å². The van der Waals surface area contributed by atoms with Gasteiger partial charge in [-0.05, 0) is 77.8 Å². The number of nitrogens with zero attached hydrogens (tertiary/aromatic N) is 3. The SMILES string of the molecule is C=O.CNC(C)(C)CN(CCCCn1nc(-c2ccc(F)c(C(F)(F)F)c2)cc(C(C)C)c1=N)C(=O)C(C)(C)O. The maximum Gasteiger partial charge on any atom is 0.419 e. The number of likely N-dealkylation sites (N-methyl/N-ethyl adjacent to an activating group) is 1. The van der Waals surface area contributed by atoms with Crippen LogP contribution < -0.4 is 10.8 Å². The van der Waals surface area contributed by atoms with Crippen molar-refractivity contribution < 1.29 is 32.3 Å². The lowest BCUT2D eigenvalue weighted by molar-refractivity contribution is -0.148. The molecule has 1 aromatic carbocycles. The minimum absolute atomic E-state index is 0.0956. The highest BCUT2D eigenvalue weighted by Crippen LogP contribution is 2.34. The number of aromatic nitrogens is 2. The molecular weight excluding hydrogens is 530 g/mol. The first-order chi connectivity index (χ1) is 18.4. The molecule has 3 N–H and O–H groups in total. The third-order valence-corrected chi connectivity index (χ3v) is 6.36. The van der Waals surface area contributed by atoms with Crippen LogP contribution in [0.25, 0.3) is 11.3 Å². The molecule has 12 heteroatoms. The van der Waals surface area contributed by atoms with E-state index in [4.69, 9.17) is 10.2 Å². The predicted molar refractivity (Wildman–Crippen MR) is 145 cm³/mol. The van der Waals surface area contributed by atoms with E-state index in [0.717, 1.165) is 12.1 Å². The summed E-state index contributed by atoms with van der Waals surface area (Å²) in [5.74, 6) is -1.85. The molecule has 224 valence electrons. The molecule has 0 bridgehead atoms. The molecule has 0 unspecified atom stereocenters. The highest BCUT2D eigenvalue weighted by atomic mass is 19.4. The first kappa shape index (κ1) is 34.9. The number of carbonyl (C=O) groups excluding carboxylic acids is 2. The second kappa shape index (κ2) is 14.0. The predicted octanol–water partition coefficient (Wildman–Crippen LogP) is 4.50. The zero-order valence-corrected chi connectivity index (χ0v) is 24.2. The Morgan fingerprint density at radius 2 is 1.75 bits per heavy atom. The number of amides is 1. The van der Waals surface area contributed by atoms with Crippen LogP contribution in [0.1, 0.15) is 71.4 Å². The number of alkyl halides is 3. The van der Waals surface area contributed by atoms with Crippen molar-refractivity contribution in [3.05, 3.63) is 46.7 Å². The second-order valence-electron chi connectivity index (χ2n) is 11.0.